The highest BCUT2D eigenvalue weighted by Crippen LogP contribution is 2.31. The lowest BCUT2D eigenvalue weighted by Gasteiger charge is -2.09. The minimum Gasteiger partial charge on any atom is -0.486 e. The Morgan fingerprint density at radius 1 is 1.37 bits per heavy atom. The number of hydrogen-bond donors (Lipinski definition) is 1. The molecule has 19 heavy (non-hydrogen) atoms. The molecule has 0 radical (unpaired) electrons. The van der Waals surface area contributed by atoms with Gasteiger partial charge in [0.25, 0.3) is 0 Å². The molecule has 0 atom stereocenters. The summed E-state index contributed by atoms with van der Waals surface area (Å²) in [5.41, 5.74) is 0.249. The number of rotatable bonds is 4. The monoisotopic (exact) mass is 298 g/mol. The van der Waals surface area contributed by atoms with E-state index in [0.717, 1.165) is 0 Å². The summed E-state index contributed by atoms with van der Waals surface area (Å²) in [6.45, 7) is -0.0375. The molecule has 0 fully saturated rings. The van der Waals surface area contributed by atoms with E-state index in [1.54, 1.807) is 18.2 Å². The summed E-state index contributed by atoms with van der Waals surface area (Å²) in [5, 5.41) is 9.61. The van der Waals surface area contributed by atoms with Crippen LogP contribution in [0.2, 0.25) is 10.0 Å². The van der Waals surface area contributed by atoms with E-state index in [2.05, 4.69) is 9.97 Å². The average Bonchev–Trinajstić information content (AvgIpc) is 2.40. The Bertz CT molecular complexity index is 620. The summed E-state index contributed by atoms with van der Waals surface area (Å²) in [6, 6.07) is 4.95. The molecule has 98 valence electrons. The lowest BCUT2D eigenvalue weighted by Crippen LogP contribution is -2.08. The largest absolute Gasteiger partial charge is 0.486 e. The number of hydrogen-bond acceptors (Lipinski definition) is 4. The van der Waals surface area contributed by atoms with E-state index < -0.39 is 5.97 Å². The van der Waals surface area contributed by atoms with Crippen molar-refractivity contribution in [2.75, 3.05) is 0 Å². The summed E-state index contributed by atoms with van der Waals surface area (Å²) < 4.78 is 5.42. The molecule has 2 rings (SSSR count). The fourth-order valence-electron chi connectivity index (χ4n) is 1.39. The maximum Gasteiger partial charge on any atom is 0.339 e. The van der Waals surface area contributed by atoms with Gasteiger partial charge in [-0.15, -0.1) is 0 Å². The lowest BCUT2D eigenvalue weighted by atomic mass is 10.2. The molecule has 0 bridgehead atoms. The first-order valence-electron chi connectivity index (χ1n) is 5.18. The molecule has 0 aliphatic carbocycles. The maximum atomic E-state index is 11.0. The first-order chi connectivity index (χ1) is 9.09. The number of aromatic carboxylic acids is 1. The normalized spacial score (nSPS) is 10.2. The van der Waals surface area contributed by atoms with Crippen LogP contribution in [0.1, 0.15) is 16.1 Å². The predicted molar refractivity (Wildman–Crippen MR) is 69.8 cm³/mol. The summed E-state index contributed by atoms with van der Waals surface area (Å²) in [5.74, 6) is -0.750. The second-order valence-corrected chi connectivity index (χ2v) is 4.31. The van der Waals surface area contributed by atoms with Crippen LogP contribution in [0.5, 0.6) is 5.75 Å². The average molecular weight is 299 g/mol. The molecule has 0 saturated carbocycles. The van der Waals surface area contributed by atoms with Crippen LogP contribution in [-0.2, 0) is 6.61 Å². The van der Waals surface area contributed by atoms with Crippen molar-refractivity contribution in [2.24, 2.45) is 0 Å². The zero-order valence-corrected chi connectivity index (χ0v) is 11.0. The van der Waals surface area contributed by atoms with E-state index in [1.165, 1.54) is 12.5 Å². The van der Waals surface area contributed by atoms with Gasteiger partial charge in [0.05, 0.1) is 10.7 Å². The van der Waals surface area contributed by atoms with E-state index in [0.29, 0.717) is 10.8 Å². The highest BCUT2D eigenvalue weighted by molar-refractivity contribution is 6.42. The van der Waals surface area contributed by atoms with Crippen molar-refractivity contribution in [2.45, 2.75) is 6.61 Å². The first kappa shape index (κ1) is 13.6. The van der Waals surface area contributed by atoms with E-state index in [9.17, 15) is 4.79 Å². The summed E-state index contributed by atoms with van der Waals surface area (Å²) in [7, 11) is 0. The van der Waals surface area contributed by atoms with Crippen molar-refractivity contribution in [3.8, 4) is 5.75 Å². The molecule has 2 aromatic rings. The Kier molecular flexibility index (Phi) is 4.19. The van der Waals surface area contributed by atoms with Crippen LogP contribution in [0.15, 0.2) is 30.7 Å². The Morgan fingerprint density at radius 2 is 2.16 bits per heavy atom. The Labute approximate surface area is 118 Å². The van der Waals surface area contributed by atoms with E-state index in [4.69, 9.17) is 33.0 Å². The van der Waals surface area contributed by atoms with Gasteiger partial charge in [0.1, 0.15) is 29.3 Å². The smallest absolute Gasteiger partial charge is 0.339 e. The van der Waals surface area contributed by atoms with Crippen LogP contribution in [-0.4, -0.2) is 21.0 Å². The highest BCUT2D eigenvalue weighted by Gasteiger charge is 2.13. The van der Waals surface area contributed by atoms with Crippen LogP contribution in [0, 0.1) is 0 Å². The van der Waals surface area contributed by atoms with Crippen molar-refractivity contribution >= 4 is 29.2 Å². The Hall–Kier alpha value is -1.85. The fraction of sp³-hybridized carbons (Fsp3) is 0.0833. The molecular formula is C12H8Cl2N2O3. The van der Waals surface area contributed by atoms with Gasteiger partial charge in [-0.2, -0.15) is 0 Å². The molecule has 1 aromatic carbocycles. The Morgan fingerprint density at radius 3 is 2.89 bits per heavy atom. The van der Waals surface area contributed by atoms with Gasteiger partial charge in [-0.05, 0) is 12.1 Å². The molecular weight excluding hydrogens is 291 g/mol. The molecule has 5 nitrogen and oxygen atoms in total. The predicted octanol–water partition coefficient (Wildman–Crippen LogP) is 3.06. The summed E-state index contributed by atoms with van der Waals surface area (Å²) in [4.78, 5) is 18.5. The van der Waals surface area contributed by atoms with Gasteiger partial charge < -0.3 is 9.84 Å². The maximum absolute atomic E-state index is 11.0. The molecule has 0 aliphatic rings. The van der Waals surface area contributed by atoms with Gasteiger partial charge in [-0.25, -0.2) is 14.8 Å². The number of carboxylic acid groups (broad SMARTS) is 1. The van der Waals surface area contributed by atoms with Gasteiger partial charge in [0.2, 0.25) is 0 Å². The minimum absolute atomic E-state index is 0.0133. The van der Waals surface area contributed by atoms with Gasteiger partial charge >= 0.3 is 5.97 Å². The third-order valence-corrected chi connectivity index (χ3v) is 3.11. The zero-order chi connectivity index (χ0) is 13.8. The van der Waals surface area contributed by atoms with Gasteiger partial charge in [0.15, 0.2) is 0 Å². The van der Waals surface area contributed by atoms with Crippen molar-refractivity contribution in [3.05, 3.63) is 52.0 Å². The topological polar surface area (TPSA) is 72.3 Å². The molecule has 0 saturated heterocycles. The standard InChI is InChI=1S/C12H8Cl2N2O3/c13-8-2-1-3-10(11(8)14)19-5-9-7(12(17)18)4-15-6-16-9/h1-4,6H,5H2,(H,17,18). The number of carboxylic acids is 1. The van der Waals surface area contributed by atoms with E-state index >= 15 is 0 Å². The number of benzene rings is 1. The third kappa shape index (κ3) is 3.13. The quantitative estimate of drug-likeness (QED) is 0.939. The van der Waals surface area contributed by atoms with Crippen molar-refractivity contribution in [1.29, 1.82) is 0 Å². The first-order valence-corrected chi connectivity index (χ1v) is 5.94. The summed E-state index contributed by atoms with van der Waals surface area (Å²) in [6.07, 6.45) is 2.47. The second-order valence-electron chi connectivity index (χ2n) is 3.53. The van der Waals surface area contributed by atoms with Gasteiger partial charge in [-0.3, -0.25) is 0 Å². The van der Waals surface area contributed by atoms with E-state index in [1.807, 2.05) is 0 Å². The molecule has 7 heteroatoms. The SMILES string of the molecule is O=C(O)c1cncnc1COc1cccc(Cl)c1Cl. The molecule has 0 spiro atoms. The number of halogens is 2. The summed E-state index contributed by atoms with van der Waals surface area (Å²) >= 11 is 11.8. The number of carbonyl (C=O) groups is 1. The van der Waals surface area contributed by atoms with Gasteiger partial charge in [-0.1, -0.05) is 29.3 Å². The highest BCUT2D eigenvalue weighted by atomic mass is 35.5. The van der Waals surface area contributed by atoms with Crippen molar-refractivity contribution < 1.29 is 14.6 Å². The number of nitrogens with zero attached hydrogens (tertiary/aromatic N) is 2. The van der Waals surface area contributed by atoms with Crippen LogP contribution in [0.3, 0.4) is 0 Å². The van der Waals surface area contributed by atoms with Crippen molar-refractivity contribution in [1.82, 2.24) is 9.97 Å². The molecule has 1 N–H and O–H groups in total. The van der Waals surface area contributed by atoms with Crippen LogP contribution >= 0.6 is 23.2 Å². The van der Waals surface area contributed by atoms with Crippen molar-refractivity contribution in [3.63, 3.8) is 0 Å². The molecule has 0 unspecified atom stereocenters. The fourth-order valence-corrected chi connectivity index (χ4v) is 1.74. The Balaban J connectivity index is 2.19. The molecule has 1 aromatic heterocycles. The van der Waals surface area contributed by atoms with Crippen LogP contribution in [0.4, 0.5) is 0 Å². The van der Waals surface area contributed by atoms with Gasteiger partial charge in [0, 0.05) is 6.20 Å². The molecule has 0 amide bonds. The van der Waals surface area contributed by atoms with E-state index in [-0.39, 0.29) is 22.9 Å². The zero-order valence-electron chi connectivity index (χ0n) is 9.51. The number of aromatic nitrogens is 2. The van der Waals surface area contributed by atoms with Crippen LogP contribution in [0.25, 0.3) is 0 Å². The second kappa shape index (κ2) is 5.86. The number of ether oxygens (including phenoxy) is 1. The van der Waals surface area contributed by atoms with Crippen LogP contribution < -0.4 is 4.74 Å². The third-order valence-electron chi connectivity index (χ3n) is 2.31. The lowest BCUT2D eigenvalue weighted by molar-refractivity contribution is 0.0692. The molecule has 1 heterocycles. The molecule has 0 aliphatic heterocycles. The minimum atomic E-state index is -1.11.